The van der Waals surface area contributed by atoms with Crippen molar-refractivity contribution in [3.05, 3.63) is 0 Å². The largest absolute Gasteiger partial charge is 0.472 e. The Hall–Kier alpha value is -4.37. The van der Waals surface area contributed by atoms with E-state index in [9.17, 15) is 63.1 Å². The van der Waals surface area contributed by atoms with Crippen LogP contribution < -0.4 is 0 Å². The number of ether oxygens (including phenoxy) is 2. The molecule has 0 amide bonds. The van der Waals surface area contributed by atoms with Gasteiger partial charge in [-0.1, -0.05) is 84.0 Å². The van der Waals surface area contributed by atoms with Crippen molar-refractivity contribution >= 4 is 35.4 Å². The molecule has 8 atom stereocenters. The summed E-state index contributed by atoms with van der Waals surface area (Å²) < 4.78 is 64.6. The minimum absolute atomic E-state index is 0.0932. The third kappa shape index (κ3) is 28.4. The summed E-state index contributed by atoms with van der Waals surface area (Å²) in [6, 6.07) is 0. The van der Waals surface area contributed by atoms with Gasteiger partial charge in [0.25, 0.3) is 0 Å². The fourth-order valence-electron chi connectivity index (χ4n) is 5.53. The topological polar surface area (TPSA) is 303 Å². The van der Waals surface area contributed by atoms with E-state index in [0.717, 1.165) is 25.7 Å². The Bertz CT molecular complexity index is 2120. The average Bonchev–Trinajstić information content (AvgIpc) is 3.22. The lowest BCUT2D eigenvalue weighted by atomic mass is 9.85. The van der Waals surface area contributed by atoms with Gasteiger partial charge >= 0.3 is 35.4 Å². The number of phosphoric ester groups is 3. The van der Waals surface area contributed by atoms with Crippen LogP contribution in [0.1, 0.15) is 96.8 Å². The highest BCUT2D eigenvalue weighted by atomic mass is 31.2. The molecule has 5 unspecified atom stereocenters. The number of phosphoric acid groups is 3. The maximum Gasteiger partial charge on any atom is 0.472 e. The minimum Gasteiger partial charge on any atom is -0.456 e. The summed E-state index contributed by atoms with van der Waals surface area (Å²) in [6.45, 7) is 0.318. The number of hydrogen-bond donors (Lipinski definition) is 8. The first-order valence-electron chi connectivity index (χ1n) is 19.8. The van der Waals surface area contributed by atoms with Crippen molar-refractivity contribution in [1.82, 2.24) is 0 Å². The van der Waals surface area contributed by atoms with Crippen molar-refractivity contribution in [3.8, 4) is 95.2 Å². The van der Waals surface area contributed by atoms with Crippen LogP contribution in [0, 0.1) is 95.2 Å². The number of hydrogen-bond acceptors (Lipinski definition) is 14. The van der Waals surface area contributed by atoms with Crippen molar-refractivity contribution in [3.63, 3.8) is 0 Å². The van der Waals surface area contributed by atoms with Gasteiger partial charge in [-0.05, 0) is 89.3 Å². The highest BCUT2D eigenvalue weighted by Gasteiger charge is 2.56. The van der Waals surface area contributed by atoms with Gasteiger partial charge in [-0.2, -0.15) is 0 Å². The van der Waals surface area contributed by atoms with Crippen molar-refractivity contribution in [2.24, 2.45) is 0 Å². The predicted molar refractivity (Wildman–Crippen MR) is 227 cm³/mol. The van der Waals surface area contributed by atoms with Gasteiger partial charge in [-0.3, -0.25) is 22.9 Å². The molecule has 0 saturated heterocycles. The lowest BCUT2D eigenvalue weighted by Crippen LogP contribution is -2.65. The van der Waals surface area contributed by atoms with Gasteiger partial charge in [0.15, 0.2) is 6.10 Å². The van der Waals surface area contributed by atoms with Crippen LogP contribution in [0.3, 0.4) is 0 Å². The van der Waals surface area contributed by atoms with Crippen LogP contribution in [0.5, 0.6) is 0 Å². The monoisotopic (exact) mass is 952 g/mol. The molecule has 0 aliphatic heterocycles. The molecule has 1 aliphatic rings. The molecular weight excluding hydrogens is 901 g/mol. The molecule has 0 bridgehead atoms. The fourth-order valence-corrected chi connectivity index (χ4v) is 7.64. The second kappa shape index (κ2) is 32.3. The first kappa shape index (κ1) is 57.6. The summed E-state index contributed by atoms with van der Waals surface area (Å²) in [7, 11) is -16.7. The molecule has 19 nitrogen and oxygen atoms in total. The standard InChI is InChI=1S/C42H51O19P3/c1-3-5-7-9-11-13-15-17-19-20-22-24-26-28-30-35(43)56-32-34(58-36(44)31-29-27-25-23-21-18-16-14-12-10-8-6-4-2)33-57-64(54,55)61-42-38(46)40(59-62(48,49)50)37(45)41(39(42)47)60-63(51,52)53/h1,34,37-42,45-47H,4,6,8,10,12,14,16,18,21,23,25,27,29,31-33H2,2H3,(H,54,55)(H2,48,49,50)(H2,51,52,53)/t34-,37?,38+,39?,40?,41-,42?/m1/s1. The SMILES string of the molecule is C#CC#CC#CC#CC#CC#CC#CC#CC(=O)OC[C@H](COP(=O)(O)OC1C(O)[C@H](OP(=O)(O)O)C(O)C(OP(=O)(O)O)[C@@H]1O)OC(=O)CCCCCCCCCCCCCCC. The van der Waals surface area contributed by atoms with E-state index in [2.05, 4.69) is 98.9 Å². The van der Waals surface area contributed by atoms with Crippen LogP contribution in [0.4, 0.5) is 0 Å². The van der Waals surface area contributed by atoms with Gasteiger partial charge in [-0.15, -0.1) is 6.42 Å². The second-order valence-electron chi connectivity index (χ2n) is 13.5. The first-order chi connectivity index (χ1) is 30.3. The molecule has 1 rings (SSSR count). The zero-order chi connectivity index (χ0) is 47.9. The number of aliphatic hydroxyl groups is 3. The molecule has 1 fully saturated rings. The summed E-state index contributed by atoms with van der Waals surface area (Å²) >= 11 is 0. The fraction of sp³-hybridized carbons (Fsp3) is 0.571. The number of esters is 2. The van der Waals surface area contributed by atoms with E-state index < -0.39 is 91.3 Å². The number of aliphatic hydroxyl groups excluding tert-OH is 3. The number of unbranched alkanes of at least 4 members (excludes halogenated alkanes) is 12. The van der Waals surface area contributed by atoms with Crippen LogP contribution in [-0.4, -0.2) is 108 Å². The zero-order valence-electron chi connectivity index (χ0n) is 34.8. The number of carbonyl (C=O) groups excluding carboxylic acids is 2. The summed E-state index contributed by atoms with van der Waals surface area (Å²) in [5.74, 6) is 32.5. The number of terminal acetylenes is 1. The predicted octanol–water partition coefficient (Wildman–Crippen LogP) is 2.13. The van der Waals surface area contributed by atoms with Crippen LogP contribution in [-0.2, 0) is 50.9 Å². The zero-order valence-corrected chi connectivity index (χ0v) is 37.5. The molecule has 1 aliphatic carbocycles. The van der Waals surface area contributed by atoms with Gasteiger partial charge in [0.1, 0.15) is 43.2 Å². The smallest absolute Gasteiger partial charge is 0.456 e. The molecule has 0 aromatic carbocycles. The Morgan fingerprint density at radius 1 is 0.547 bits per heavy atom. The number of carbonyl (C=O) groups is 2. The van der Waals surface area contributed by atoms with Crippen LogP contribution in [0.2, 0.25) is 0 Å². The summed E-state index contributed by atoms with van der Waals surface area (Å²) in [5, 5.41) is 31.7. The third-order valence-corrected chi connectivity index (χ3v) is 10.4. The van der Waals surface area contributed by atoms with Gasteiger partial charge < -0.3 is 49.3 Å². The first-order valence-corrected chi connectivity index (χ1v) is 24.4. The van der Waals surface area contributed by atoms with E-state index in [4.69, 9.17) is 24.9 Å². The highest BCUT2D eigenvalue weighted by molar-refractivity contribution is 7.47. The maximum absolute atomic E-state index is 13.0. The Kier molecular flexibility index (Phi) is 29.1. The quantitative estimate of drug-likeness (QED) is 0.0203. The van der Waals surface area contributed by atoms with Crippen molar-refractivity contribution in [2.75, 3.05) is 13.2 Å². The molecule has 0 aromatic rings. The average molecular weight is 953 g/mol. The molecular formula is C42H51O19P3. The third-order valence-electron chi connectivity index (χ3n) is 8.39. The van der Waals surface area contributed by atoms with Gasteiger partial charge in [-0.25, -0.2) is 18.5 Å². The lowest BCUT2D eigenvalue weighted by Gasteiger charge is -2.44. The maximum atomic E-state index is 13.0. The van der Waals surface area contributed by atoms with Gasteiger partial charge in [0.05, 0.1) is 6.61 Å². The van der Waals surface area contributed by atoms with Crippen molar-refractivity contribution in [2.45, 2.75) is 140 Å². The number of rotatable bonds is 26. The minimum atomic E-state index is -5.59. The second-order valence-corrected chi connectivity index (χ2v) is 17.3. The van der Waals surface area contributed by atoms with Gasteiger partial charge in [0.2, 0.25) is 0 Å². The summed E-state index contributed by atoms with van der Waals surface area (Å²) in [5.41, 5.74) is 0. The Morgan fingerprint density at radius 3 is 1.33 bits per heavy atom. The van der Waals surface area contributed by atoms with E-state index in [1.54, 1.807) is 0 Å². The Balaban J connectivity index is 2.99. The normalized spacial score (nSPS) is 20.1. The molecule has 348 valence electrons. The molecule has 0 aromatic heterocycles. The van der Waals surface area contributed by atoms with Crippen molar-refractivity contribution in [1.29, 1.82) is 0 Å². The Morgan fingerprint density at radius 2 is 0.922 bits per heavy atom. The molecule has 64 heavy (non-hydrogen) atoms. The van der Waals surface area contributed by atoms with E-state index >= 15 is 0 Å². The Labute approximate surface area is 373 Å². The highest BCUT2D eigenvalue weighted by Crippen LogP contribution is 2.51. The van der Waals surface area contributed by atoms with E-state index in [1.807, 2.05) is 5.92 Å². The molecule has 1 saturated carbocycles. The van der Waals surface area contributed by atoms with Crippen LogP contribution >= 0.6 is 23.5 Å². The van der Waals surface area contributed by atoms with Crippen LogP contribution in [0.15, 0.2) is 0 Å². The van der Waals surface area contributed by atoms with E-state index in [1.165, 1.54) is 44.9 Å². The van der Waals surface area contributed by atoms with Crippen molar-refractivity contribution < 1.29 is 90.6 Å². The summed E-state index contributed by atoms with van der Waals surface area (Å²) in [6.07, 6.45) is 1.75. The summed E-state index contributed by atoms with van der Waals surface area (Å²) in [4.78, 5) is 72.5. The van der Waals surface area contributed by atoms with Crippen LogP contribution in [0.25, 0.3) is 0 Å². The van der Waals surface area contributed by atoms with E-state index in [0.29, 0.717) is 12.8 Å². The molecule has 22 heteroatoms. The van der Waals surface area contributed by atoms with E-state index in [-0.39, 0.29) is 6.42 Å². The molecule has 0 spiro atoms. The molecule has 0 radical (unpaired) electrons. The molecule has 0 heterocycles. The molecule has 8 N–H and O–H groups in total. The lowest BCUT2D eigenvalue weighted by molar-refractivity contribution is -0.213. The van der Waals surface area contributed by atoms with Gasteiger partial charge in [0, 0.05) is 12.3 Å².